The second kappa shape index (κ2) is 4.61. The van der Waals surface area contributed by atoms with Gasteiger partial charge in [0.05, 0.1) is 0 Å². The molecule has 0 aromatic carbocycles. The maximum absolute atomic E-state index is 11.4. The van der Waals surface area contributed by atoms with Crippen LogP contribution in [0.4, 0.5) is 0 Å². The Kier molecular flexibility index (Phi) is 3.72. The molecule has 2 atom stereocenters. The normalized spacial score (nSPS) is 28.5. The Morgan fingerprint density at radius 2 is 2.08 bits per heavy atom. The maximum Gasteiger partial charge on any atom is 0.222 e. The van der Waals surface area contributed by atoms with Crippen molar-refractivity contribution in [3.63, 3.8) is 0 Å². The van der Waals surface area contributed by atoms with Crippen LogP contribution in [0.1, 0.15) is 39.0 Å². The van der Waals surface area contributed by atoms with Gasteiger partial charge < -0.3 is 10.6 Å². The minimum atomic E-state index is 0.189. The highest BCUT2D eigenvalue weighted by molar-refractivity contribution is 5.75. The minimum Gasteiger partial charge on any atom is -0.341 e. The molecule has 0 saturated heterocycles. The highest BCUT2D eigenvalue weighted by Gasteiger charge is 2.27. The zero-order valence-electron chi connectivity index (χ0n) is 8.62. The van der Waals surface area contributed by atoms with Gasteiger partial charge in [0.2, 0.25) is 5.91 Å². The second-order valence-corrected chi connectivity index (χ2v) is 3.87. The molecule has 0 bridgehead atoms. The van der Waals surface area contributed by atoms with Crippen LogP contribution in [0.15, 0.2) is 0 Å². The van der Waals surface area contributed by atoms with E-state index in [9.17, 15) is 4.79 Å². The smallest absolute Gasteiger partial charge is 0.222 e. The first-order valence-corrected chi connectivity index (χ1v) is 5.18. The van der Waals surface area contributed by atoms with Crippen molar-refractivity contribution in [1.82, 2.24) is 4.90 Å². The summed E-state index contributed by atoms with van der Waals surface area (Å²) in [4.78, 5) is 13.3. The standard InChI is InChI=1S/C10H20N2O/c1-3-10(13)12(2)9-7-5-4-6-8(9)11/h8-9H,3-7,11H2,1-2H3. The summed E-state index contributed by atoms with van der Waals surface area (Å²) in [5.74, 6) is 0.211. The third kappa shape index (κ3) is 2.44. The van der Waals surface area contributed by atoms with Crippen molar-refractivity contribution in [3.05, 3.63) is 0 Å². The molecule has 0 aliphatic heterocycles. The van der Waals surface area contributed by atoms with Crippen LogP contribution in [0.25, 0.3) is 0 Å². The van der Waals surface area contributed by atoms with E-state index in [1.54, 1.807) is 0 Å². The number of carbonyl (C=O) groups excluding carboxylic acids is 1. The lowest BCUT2D eigenvalue weighted by molar-refractivity contribution is -0.132. The lowest BCUT2D eigenvalue weighted by Gasteiger charge is -2.35. The molecule has 1 fully saturated rings. The van der Waals surface area contributed by atoms with E-state index in [4.69, 9.17) is 5.73 Å². The SMILES string of the molecule is CCC(=O)N(C)C1CCCCC1N. The predicted octanol–water partition coefficient (Wildman–Crippen LogP) is 1.12. The average Bonchev–Trinajstić information content (AvgIpc) is 2.16. The summed E-state index contributed by atoms with van der Waals surface area (Å²) in [5, 5.41) is 0. The number of amides is 1. The van der Waals surface area contributed by atoms with E-state index >= 15 is 0 Å². The van der Waals surface area contributed by atoms with Gasteiger partial charge in [0, 0.05) is 25.6 Å². The van der Waals surface area contributed by atoms with Gasteiger partial charge in [-0.1, -0.05) is 19.8 Å². The van der Waals surface area contributed by atoms with Crippen LogP contribution in [-0.2, 0) is 4.79 Å². The Labute approximate surface area is 80.3 Å². The summed E-state index contributed by atoms with van der Waals surface area (Å²) in [5.41, 5.74) is 5.98. The molecule has 2 N–H and O–H groups in total. The van der Waals surface area contributed by atoms with Crippen LogP contribution >= 0.6 is 0 Å². The lowest BCUT2D eigenvalue weighted by atomic mass is 9.90. The average molecular weight is 184 g/mol. The Balaban J connectivity index is 2.53. The van der Waals surface area contributed by atoms with Crippen LogP contribution in [0.2, 0.25) is 0 Å². The third-order valence-corrected chi connectivity index (χ3v) is 2.97. The largest absolute Gasteiger partial charge is 0.341 e. The Hall–Kier alpha value is -0.570. The molecule has 3 nitrogen and oxygen atoms in total. The molecule has 13 heavy (non-hydrogen) atoms. The third-order valence-electron chi connectivity index (χ3n) is 2.97. The van der Waals surface area contributed by atoms with E-state index in [-0.39, 0.29) is 18.0 Å². The Morgan fingerprint density at radius 3 is 2.62 bits per heavy atom. The Morgan fingerprint density at radius 1 is 1.46 bits per heavy atom. The second-order valence-electron chi connectivity index (χ2n) is 3.87. The van der Waals surface area contributed by atoms with Gasteiger partial charge in [-0.25, -0.2) is 0 Å². The molecule has 1 amide bonds. The fraction of sp³-hybridized carbons (Fsp3) is 0.900. The zero-order valence-corrected chi connectivity index (χ0v) is 8.62. The topological polar surface area (TPSA) is 46.3 Å². The number of nitrogens with zero attached hydrogens (tertiary/aromatic N) is 1. The molecule has 1 saturated carbocycles. The van der Waals surface area contributed by atoms with Crippen molar-refractivity contribution in [3.8, 4) is 0 Å². The molecule has 0 radical (unpaired) electrons. The number of nitrogens with two attached hydrogens (primary N) is 1. The molecule has 76 valence electrons. The molecule has 0 spiro atoms. The fourth-order valence-corrected chi connectivity index (χ4v) is 2.06. The van der Waals surface area contributed by atoms with E-state index in [0.29, 0.717) is 6.42 Å². The van der Waals surface area contributed by atoms with Gasteiger partial charge in [0.25, 0.3) is 0 Å². The van der Waals surface area contributed by atoms with Crippen molar-refractivity contribution in [2.24, 2.45) is 5.73 Å². The van der Waals surface area contributed by atoms with Crippen molar-refractivity contribution >= 4 is 5.91 Å². The molecule has 0 heterocycles. The molecular formula is C10H20N2O. The van der Waals surface area contributed by atoms with Gasteiger partial charge in [0.1, 0.15) is 0 Å². The first-order chi connectivity index (χ1) is 6.16. The van der Waals surface area contributed by atoms with Gasteiger partial charge in [-0.05, 0) is 12.8 Å². The van der Waals surface area contributed by atoms with Crippen molar-refractivity contribution in [1.29, 1.82) is 0 Å². The van der Waals surface area contributed by atoms with Gasteiger partial charge in [-0.15, -0.1) is 0 Å². The van der Waals surface area contributed by atoms with Crippen LogP contribution in [0.5, 0.6) is 0 Å². The van der Waals surface area contributed by atoms with E-state index in [1.807, 2.05) is 18.9 Å². The summed E-state index contributed by atoms with van der Waals surface area (Å²) in [6, 6.07) is 0.468. The van der Waals surface area contributed by atoms with Crippen molar-refractivity contribution in [2.45, 2.75) is 51.1 Å². The van der Waals surface area contributed by atoms with E-state index in [0.717, 1.165) is 12.8 Å². The van der Waals surface area contributed by atoms with Crippen LogP contribution < -0.4 is 5.73 Å². The first kappa shape index (κ1) is 10.5. The summed E-state index contributed by atoms with van der Waals surface area (Å²) in [6.07, 6.45) is 5.14. The Bertz CT molecular complexity index is 182. The number of rotatable bonds is 2. The lowest BCUT2D eigenvalue weighted by Crippen LogP contribution is -2.50. The first-order valence-electron chi connectivity index (χ1n) is 5.18. The molecule has 1 aliphatic rings. The fourth-order valence-electron chi connectivity index (χ4n) is 2.06. The van der Waals surface area contributed by atoms with E-state index < -0.39 is 0 Å². The summed E-state index contributed by atoms with van der Waals surface area (Å²) >= 11 is 0. The van der Waals surface area contributed by atoms with Gasteiger partial charge in [0.15, 0.2) is 0 Å². The number of hydrogen-bond acceptors (Lipinski definition) is 2. The minimum absolute atomic E-state index is 0.189. The summed E-state index contributed by atoms with van der Waals surface area (Å²) in [7, 11) is 1.88. The van der Waals surface area contributed by atoms with Crippen molar-refractivity contribution in [2.75, 3.05) is 7.05 Å². The van der Waals surface area contributed by atoms with Crippen LogP contribution in [0, 0.1) is 0 Å². The zero-order chi connectivity index (χ0) is 9.84. The van der Waals surface area contributed by atoms with Gasteiger partial charge in [-0.3, -0.25) is 4.79 Å². The van der Waals surface area contributed by atoms with Crippen molar-refractivity contribution < 1.29 is 4.79 Å². The number of likely N-dealkylation sites (N-methyl/N-ethyl adjacent to an activating group) is 1. The van der Waals surface area contributed by atoms with E-state index in [2.05, 4.69) is 0 Å². The quantitative estimate of drug-likeness (QED) is 0.699. The van der Waals surface area contributed by atoms with Crippen LogP contribution in [-0.4, -0.2) is 29.9 Å². The molecule has 2 unspecified atom stereocenters. The van der Waals surface area contributed by atoms with Gasteiger partial charge >= 0.3 is 0 Å². The highest BCUT2D eigenvalue weighted by Crippen LogP contribution is 2.21. The molecule has 1 rings (SSSR count). The maximum atomic E-state index is 11.4. The molecular weight excluding hydrogens is 164 g/mol. The molecule has 1 aliphatic carbocycles. The highest BCUT2D eigenvalue weighted by atomic mass is 16.2. The van der Waals surface area contributed by atoms with Crippen LogP contribution in [0.3, 0.4) is 0 Å². The predicted molar refractivity (Wildman–Crippen MR) is 53.3 cm³/mol. The summed E-state index contributed by atoms with van der Waals surface area (Å²) < 4.78 is 0. The van der Waals surface area contributed by atoms with E-state index in [1.165, 1.54) is 12.8 Å². The van der Waals surface area contributed by atoms with Gasteiger partial charge in [-0.2, -0.15) is 0 Å². The summed E-state index contributed by atoms with van der Waals surface area (Å²) in [6.45, 7) is 1.90. The number of carbonyl (C=O) groups is 1. The monoisotopic (exact) mass is 184 g/mol. The molecule has 3 heteroatoms. The number of hydrogen-bond donors (Lipinski definition) is 1. The molecule has 0 aromatic heterocycles. The molecule has 0 aromatic rings.